The molecule has 2 N–H and O–H groups in total. The molecule has 0 aliphatic rings. The van der Waals surface area contributed by atoms with Gasteiger partial charge in [-0.15, -0.1) is 0 Å². The molecule has 0 bridgehead atoms. The number of fused-ring (bicyclic) bond motifs is 1. The van der Waals surface area contributed by atoms with Gasteiger partial charge in [-0.3, -0.25) is 25.0 Å². The number of carbonyl (C=O) groups excluding carboxylic acids is 1. The minimum absolute atomic E-state index is 0.105. The molecule has 1 amide bonds. The van der Waals surface area contributed by atoms with Gasteiger partial charge in [0.1, 0.15) is 6.61 Å². The van der Waals surface area contributed by atoms with Crippen LogP contribution in [0.2, 0.25) is 0 Å². The number of nitrogens with zero attached hydrogens (tertiary/aromatic N) is 2. The Labute approximate surface area is 150 Å². The van der Waals surface area contributed by atoms with Crippen molar-refractivity contribution in [1.29, 1.82) is 0 Å². The van der Waals surface area contributed by atoms with Gasteiger partial charge in [-0.05, 0) is 24.6 Å². The Balaban J connectivity index is 1.62. The molecule has 7 heteroatoms. The van der Waals surface area contributed by atoms with Gasteiger partial charge in [-0.25, -0.2) is 4.98 Å². The number of amides is 1. The Morgan fingerprint density at radius 3 is 2.62 bits per heavy atom. The fraction of sp³-hybridized carbons (Fsp3) is 0.211. The van der Waals surface area contributed by atoms with Crippen LogP contribution in [0.3, 0.4) is 0 Å². The highest BCUT2D eigenvalue weighted by atomic mass is 16.5. The maximum Gasteiger partial charge on any atom is 0.264 e. The highest BCUT2D eigenvalue weighted by Crippen LogP contribution is 2.10. The molecule has 1 aromatic heterocycles. The van der Waals surface area contributed by atoms with E-state index in [1.807, 2.05) is 43.3 Å². The molecule has 1 heterocycles. The standard InChI is InChI=1S/C19H20N4O3/c1-2-23-18(25)15-10-6-7-11-16(15)20-19(23)22-21-17(24)13-26-12-14-8-4-3-5-9-14/h3-11H,2,12-13H2,1H3,(H,20,22)(H,21,24). The third kappa shape index (κ3) is 4.07. The van der Waals surface area contributed by atoms with Gasteiger partial charge in [0.2, 0.25) is 5.95 Å². The van der Waals surface area contributed by atoms with Crippen LogP contribution in [0.4, 0.5) is 5.95 Å². The number of hydrogen-bond acceptors (Lipinski definition) is 5. The molecule has 0 unspecified atom stereocenters. The van der Waals surface area contributed by atoms with E-state index in [0.29, 0.717) is 24.1 Å². The van der Waals surface area contributed by atoms with Gasteiger partial charge in [0.25, 0.3) is 11.5 Å². The molecular formula is C19H20N4O3. The lowest BCUT2D eigenvalue weighted by molar-refractivity contribution is -0.125. The molecule has 3 rings (SSSR count). The second-order valence-corrected chi connectivity index (χ2v) is 5.65. The molecule has 26 heavy (non-hydrogen) atoms. The first-order valence-electron chi connectivity index (χ1n) is 8.35. The molecule has 0 saturated carbocycles. The second kappa shape index (κ2) is 8.26. The van der Waals surface area contributed by atoms with E-state index in [-0.39, 0.29) is 24.0 Å². The summed E-state index contributed by atoms with van der Waals surface area (Å²) in [4.78, 5) is 28.8. The highest BCUT2D eigenvalue weighted by molar-refractivity contribution is 5.80. The van der Waals surface area contributed by atoms with E-state index in [0.717, 1.165) is 5.56 Å². The van der Waals surface area contributed by atoms with Gasteiger partial charge < -0.3 is 4.74 Å². The van der Waals surface area contributed by atoms with Gasteiger partial charge in [0.05, 0.1) is 17.5 Å². The van der Waals surface area contributed by atoms with Crippen LogP contribution in [0.15, 0.2) is 59.4 Å². The molecule has 0 aliphatic heterocycles. The number of rotatable bonds is 7. The van der Waals surface area contributed by atoms with Gasteiger partial charge in [-0.2, -0.15) is 0 Å². The van der Waals surface area contributed by atoms with E-state index < -0.39 is 0 Å². The van der Waals surface area contributed by atoms with Crippen molar-refractivity contribution in [3.63, 3.8) is 0 Å². The number of nitrogens with one attached hydrogen (secondary N) is 2. The third-order valence-electron chi connectivity index (χ3n) is 3.84. The lowest BCUT2D eigenvalue weighted by Gasteiger charge is -2.14. The van der Waals surface area contributed by atoms with E-state index in [1.54, 1.807) is 18.2 Å². The van der Waals surface area contributed by atoms with Crippen molar-refractivity contribution in [2.45, 2.75) is 20.1 Å². The van der Waals surface area contributed by atoms with Crippen LogP contribution in [0, 0.1) is 0 Å². The van der Waals surface area contributed by atoms with Crippen molar-refractivity contribution < 1.29 is 9.53 Å². The van der Waals surface area contributed by atoms with E-state index in [1.165, 1.54) is 4.57 Å². The van der Waals surface area contributed by atoms with Gasteiger partial charge in [0.15, 0.2) is 0 Å². The highest BCUT2D eigenvalue weighted by Gasteiger charge is 2.10. The fourth-order valence-electron chi connectivity index (χ4n) is 2.55. The number of ether oxygens (including phenoxy) is 1. The van der Waals surface area contributed by atoms with Crippen LogP contribution < -0.4 is 16.4 Å². The zero-order valence-corrected chi connectivity index (χ0v) is 14.4. The molecule has 2 aromatic carbocycles. The number of benzene rings is 2. The van der Waals surface area contributed by atoms with Crippen LogP contribution in [0.5, 0.6) is 0 Å². The Morgan fingerprint density at radius 2 is 1.85 bits per heavy atom. The van der Waals surface area contributed by atoms with E-state index in [2.05, 4.69) is 15.8 Å². The molecule has 0 saturated heterocycles. The molecule has 0 atom stereocenters. The summed E-state index contributed by atoms with van der Waals surface area (Å²) in [7, 11) is 0. The summed E-state index contributed by atoms with van der Waals surface area (Å²) in [6, 6.07) is 16.7. The summed E-state index contributed by atoms with van der Waals surface area (Å²) in [6.45, 7) is 2.52. The van der Waals surface area contributed by atoms with Crippen LogP contribution >= 0.6 is 0 Å². The molecule has 3 aromatic rings. The minimum Gasteiger partial charge on any atom is -0.367 e. The molecular weight excluding hydrogens is 332 g/mol. The Kier molecular flexibility index (Phi) is 5.60. The van der Waals surface area contributed by atoms with Crippen molar-refractivity contribution in [2.75, 3.05) is 12.0 Å². The average molecular weight is 352 g/mol. The van der Waals surface area contributed by atoms with Crippen molar-refractivity contribution in [1.82, 2.24) is 15.0 Å². The molecule has 7 nitrogen and oxygen atoms in total. The Hall–Kier alpha value is -3.19. The monoisotopic (exact) mass is 352 g/mol. The number of hydrazine groups is 1. The van der Waals surface area contributed by atoms with E-state index >= 15 is 0 Å². The van der Waals surface area contributed by atoms with Gasteiger partial charge >= 0.3 is 0 Å². The lowest BCUT2D eigenvalue weighted by Crippen LogP contribution is -2.36. The quantitative estimate of drug-likeness (QED) is 0.636. The van der Waals surface area contributed by atoms with Crippen LogP contribution in [0.25, 0.3) is 10.9 Å². The van der Waals surface area contributed by atoms with Crippen LogP contribution in [0.1, 0.15) is 12.5 Å². The molecule has 0 radical (unpaired) electrons. The fourth-order valence-corrected chi connectivity index (χ4v) is 2.55. The summed E-state index contributed by atoms with van der Waals surface area (Å²) in [5.74, 6) is -0.0707. The summed E-state index contributed by atoms with van der Waals surface area (Å²) < 4.78 is 6.85. The number of anilines is 1. The largest absolute Gasteiger partial charge is 0.367 e. The van der Waals surface area contributed by atoms with Crippen LogP contribution in [-0.2, 0) is 22.7 Å². The predicted octanol–water partition coefficient (Wildman–Crippen LogP) is 2.08. The summed E-state index contributed by atoms with van der Waals surface area (Å²) >= 11 is 0. The smallest absolute Gasteiger partial charge is 0.264 e. The number of aromatic nitrogens is 2. The topological polar surface area (TPSA) is 85.2 Å². The first-order valence-corrected chi connectivity index (χ1v) is 8.35. The van der Waals surface area contributed by atoms with Crippen molar-refractivity contribution in [2.24, 2.45) is 0 Å². The summed E-state index contributed by atoms with van der Waals surface area (Å²) in [6.07, 6.45) is 0. The summed E-state index contributed by atoms with van der Waals surface area (Å²) in [5, 5.41) is 0.539. The molecule has 134 valence electrons. The third-order valence-corrected chi connectivity index (χ3v) is 3.84. The van der Waals surface area contributed by atoms with Gasteiger partial charge in [-0.1, -0.05) is 42.5 Å². The number of para-hydroxylation sites is 1. The van der Waals surface area contributed by atoms with Crippen LogP contribution in [-0.4, -0.2) is 22.1 Å². The Morgan fingerprint density at radius 1 is 1.12 bits per heavy atom. The zero-order valence-electron chi connectivity index (χ0n) is 14.4. The normalized spacial score (nSPS) is 10.7. The first-order chi connectivity index (χ1) is 12.7. The second-order valence-electron chi connectivity index (χ2n) is 5.65. The Bertz CT molecular complexity index is 954. The lowest BCUT2D eigenvalue weighted by atomic mass is 10.2. The molecule has 0 fully saturated rings. The van der Waals surface area contributed by atoms with E-state index in [9.17, 15) is 9.59 Å². The van der Waals surface area contributed by atoms with Crippen molar-refractivity contribution >= 4 is 22.8 Å². The maximum absolute atomic E-state index is 12.5. The van der Waals surface area contributed by atoms with Crippen molar-refractivity contribution in [3.05, 3.63) is 70.5 Å². The average Bonchev–Trinajstić information content (AvgIpc) is 2.67. The SMILES string of the molecule is CCn1c(NNC(=O)COCc2ccccc2)nc2ccccc2c1=O. The molecule has 0 aliphatic carbocycles. The van der Waals surface area contributed by atoms with Gasteiger partial charge in [0, 0.05) is 6.54 Å². The molecule has 0 spiro atoms. The minimum atomic E-state index is -0.356. The predicted molar refractivity (Wildman–Crippen MR) is 99.5 cm³/mol. The number of carbonyl (C=O) groups is 1. The maximum atomic E-state index is 12.5. The van der Waals surface area contributed by atoms with Crippen molar-refractivity contribution in [3.8, 4) is 0 Å². The zero-order chi connectivity index (χ0) is 18.4. The van der Waals surface area contributed by atoms with E-state index in [4.69, 9.17) is 4.74 Å². The number of hydrogen-bond donors (Lipinski definition) is 2. The summed E-state index contributed by atoms with van der Waals surface area (Å²) in [5.41, 5.74) is 6.64. The first kappa shape index (κ1) is 17.6.